The third-order valence-electron chi connectivity index (χ3n) is 9.78. The fourth-order valence-electron chi connectivity index (χ4n) is 7.04. The Balaban J connectivity index is 1.17. The highest BCUT2D eigenvalue weighted by atomic mass is 32.2. The van der Waals surface area contributed by atoms with Crippen LogP contribution in [0.25, 0.3) is 55.9 Å². The Morgan fingerprint density at radius 1 is 0.417 bits per heavy atom. The monoisotopic (exact) mass is 635 g/mol. The van der Waals surface area contributed by atoms with Gasteiger partial charge in [0.15, 0.2) is 0 Å². The van der Waals surface area contributed by atoms with Gasteiger partial charge in [0.1, 0.15) is 0 Å². The van der Waals surface area contributed by atoms with E-state index in [0.29, 0.717) is 0 Å². The Bertz CT molecular complexity index is 2240. The second kappa shape index (κ2) is 12.1. The minimum Gasteiger partial charge on any atom is -0.248 e. The molecule has 0 unspecified atom stereocenters. The van der Waals surface area contributed by atoms with Gasteiger partial charge < -0.3 is 0 Å². The molecule has 48 heavy (non-hydrogen) atoms. The third-order valence-corrected chi connectivity index (χ3v) is 11.1. The van der Waals surface area contributed by atoms with Crippen molar-refractivity contribution in [3.63, 3.8) is 0 Å². The first kappa shape index (κ1) is 30.2. The van der Waals surface area contributed by atoms with Crippen LogP contribution in [0.5, 0.6) is 0 Å². The lowest BCUT2D eigenvalue weighted by Crippen LogP contribution is -2.15. The van der Waals surface area contributed by atoms with E-state index in [4.69, 9.17) is 4.98 Å². The number of nitrogens with zero attached hydrogens (tertiary/aromatic N) is 1. The van der Waals surface area contributed by atoms with Crippen molar-refractivity contribution in [3.8, 4) is 55.9 Å². The Kier molecular flexibility index (Phi) is 7.62. The van der Waals surface area contributed by atoms with Gasteiger partial charge in [-0.3, -0.25) is 0 Å². The van der Waals surface area contributed by atoms with Crippen LogP contribution in [0.15, 0.2) is 161 Å². The highest BCUT2D eigenvalue weighted by molar-refractivity contribution is 7.99. The SMILES string of the molecule is Cc1ccccc1Sc1cc2c(cc1C)-c1ccc(-c3cccc(-c4cc(-c5ccccc5)cc(-c5ccccc5)n4)c3)cc1C2(C)C. The zero-order chi connectivity index (χ0) is 32.8. The van der Waals surface area contributed by atoms with Crippen molar-refractivity contribution in [2.24, 2.45) is 0 Å². The molecular weight excluding hydrogens is 599 g/mol. The summed E-state index contributed by atoms with van der Waals surface area (Å²) in [5.74, 6) is 0. The van der Waals surface area contributed by atoms with Crippen LogP contribution in [0.3, 0.4) is 0 Å². The molecule has 0 radical (unpaired) electrons. The van der Waals surface area contributed by atoms with Crippen LogP contribution in [-0.2, 0) is 5.41 Å². The van der Waals surface area contributed by atoms with Gasteiger partial charge in [0.25, 0.3) is 0 Å². The van der Waals surface area contributed by atoms with Gasteiger partial charge in [-0.05, 0) is 112 Å². The molecule has 2 heteroatoms. The van der Waals surface area contributed by atoms with Crippen LogP contribution < -0.4 is 0 Å². The number of aromatic nitrogens is 1. The number of hydrogen-bond donors (Lipinski definition) is 0. The molecule has 0 saturated heterocycles. The molecule has 1 aromatic heterocycles. The van der Waals surface area contributed by atoms with E-state index in [1.165, 1.54) is 59.9 Å². The van der Waals surface area contributed by atoms with Crippen LogP contribution in [-0.4, -0.2) is 4.98 Å². The minimum absolute atomic E-state index is 0.108. The van der Waals surface area contributed by atoms with Gasteiger partial charge in [0, 0.05) is 26.3 Å². The van der Waals surface area contributed by atoms with Gasteiger partial charge in [-0.1, -0.05) is 135 Å². The second-order valence-corrected chi connectivity index (χ2v) is 14.4. The summed E-state index contributed by atoms with van der Waals surface area (Å²) < 4.78 is 0. The van der Waals surface area contributed by atoms with Crippen LogP contribution in [0.2, 0.25) is 0 Å². The molecule has 0 spiro atoms. The normalized spacial score (nSPS) is 12.8. The van der Waals surface area contributed by atoms with Gasteiger partial charge >= 0.3 is 0 Å². The molecule has 0 saturated carbocycles. The van der Waals surface area contributed by atoms with Crippen LogP contribution in [0.1, 0.15) is 36.1 Å². The standard InChI is InChI=1S/C46H37NS/c1-30-14-11-12-21-44(30)48-45-29-41-39(24-31(45)2)38-23-22-35(26-40(38)46(41,3)4)34-19-13-20-36(25-34)43-28-37(32-15-7-5-8-16-32)27-42(47-43)33-17-9-6-10-18-33/h5-29H,1-4H3. The lowest BCUT2D eigenvalue weighted by Gasteiger charge is -2.23. The number of pyridine rings is 1. The van der Waals surface area contributed by atoms with E-state index in [-0.39, 0.29) is 5.41 Å². The van der Waals surface area contributed by atoms with Crippen molar-refractivity contribution in [1.82, 2.24) is 4.98 Å². The van der Waals surface area contributed by atoms with Gasteiger partial charge in [0.05, 0.1) is 11.4 Å². The number of benzene rings is 6. The number of fused-ring (bicyclic) bond motifs is 3. The van der Waals surface area contributed by atoms with Gasteiger partial charge in [-0.15, -0.1) is 0 Å². The van der Waals surface area contributed by atoms with E-state index < -0.39 is 0 Å². The van der Waals surface area contributed by atoms with E-state index in [0.717, 1.165) is 28.1 Å². The molecule has 1 aliphatic carbocycles. The molecule has 8 rings (SSSR count). The lowest BCUT2D eigenvalue weighted by atomic mass is 9.81. The van der Waals surface area contributed by atoms with Crippen molar-refractivity contribution in [3.05, 3.63) is 174 Å². The zero-order valence-corrected chi connectivity index (χ0v) is 28.6. The molecule has 0 atom stereocenters. The number of aryl methyl sites for hydroxylation is 2. The summed E-state index contributed by atoms with van der Waals surface area (Å²) in [5, 5.41) is 0. The quantitative estimate of drug-likeness (QED) is 0.180. The second-order valence-electron chi connectivity index (χ2n) is 13.4. The maximum atomic E-state index is 5.19. The van der Waals surface area contributed by atoms with E-state index in [9.17, 15) is 0 Å². The molecule has 0 amide bonds. The maximum Gasteiger partial charge on any atom is 0.0715 e. The molecule has 1 nitrogen and oxygen atoms in total. The Morgan fingerprint density at radius 2 is 1.02 bits per heavy atom. The summed E-state index contributed by atoms with van der Waals surface area (Å²) in [7, 11) is 0. The summed E-state index contributed by atoms with van der Waals surface area (Å²) in [6.07, 6.45) is 0. The molecule has 0 aliphatic heterocycles. The zero-order valence-electron chi connectivity index (χ0n) is 27.8. The lowest BCUT2D eigenvalue weighted by molar-refractivity contribution is 0.658. The van der Waals surface area contributed by atoms with E-state index in [1.54, 1.807) is 0 Å². The first-order valence-corrected chi connectivity index (χ1v) is 17.4. The van der Waals surface area contributed by atoms with Crippen molar-refractivity contribution < 1.29 is 0 Å². The van der Waals surface area contributed by atoms with E-state index in [1.807, 2.05) is 11.8 Å². The van der Waals surface area contributed by atoms with Crippen LogP contribution >= 0.6 is 11.8 Å². The maximum absolute atomic E-state index is 5.19. The highest BCUT2D eigenvalue weighted by Crippen LogP contribution is 2.52. The summed E-state index contributed by atoms with van der Waals surface area (Å²) >= 11 is 1.88. The van der Waals surface area contributed by atoms with Gasteiger partial charge in [0.2, 0.25) is 0 Å². The molecule has 1 heterocycles. The molecule has 1 aliphatic rings. The molecule has 6 aromatic carbocycles. The number of rotatable bonds is 6. The number of hydrogen-bond acceptors (Lipinski definition) is 2. The Morgan fingerprint density at radius 3 is 1.77 bits per heavy atom. The van der Waals surface area contributed by atoms with Crippen LogP contribution in [0.4, 0.5) is 0 Å². The molecule has 0 bridgehead atoms. The summed E-state index contributed by atoms with van der Waals surface area (Å²) in [6.45, 7) is 9.19. The van der Waals surface area contributed by atoms with Crippen molar-refractivity contribution in [1.29, 1.82) is 0 Å². The van der Waals surface area contributed by atoms with E-state index >= 15 is 0 Å². The van der Waals surface area contributed by atoms with Gasteiger partial charge in [-0.2, -0.15) is 0 Å². The van der Waals surface area contributed by atoms with Crippen molar-refractivity contribution in [2.45, 2.75) is 42.9 Å². The van der Waals surface area contributed by atoms with Crippen molar-refractivity contribution in [2.75, 3.05) is 0 Å². The third kappa shape index (κ3) is 5.47. The van der Waals surface area contributed by atoms with Gasteiger partial charge in [-0.25, -0.2) is 4.98 Å². The predicted molar refractivity (Wildman–Crippen MR) is 204 cm³/mol. The first-order chi connectivity index (χ1) is 23.3. The smallest absolute Gasteiger partial charge is 0.0715 e. The summed E-state index contributed by atoms with van der Waals surface area (Å²) in [6, 6.07) is 54.9. The van der Waals surface area contributed by atoms with Crippen LogP contribution in [0, 0.1) is 13.8 Å². The molecule has 7 aromatic rings. The largest absolute Gasteiger partial charge is 0.248 e. The fraction of sp³-hybridized carbons (Fsp3) is 0.109. The summed E-state index contributed by atoms with van der Waals surface area (Å²) in [5.41, 5.74) is 17.0. The predicted octanol–water partition coefficient (Wildman–Crippen LogP) is 12.8. The molecule has 0 N–H and O–H groups in total. The van der Waals surface area contributed by atoms with Crippen molar-refractivity contribution >= 4 is 11.8 Å². The Labute approximate surface area is 288 Å². The molecule has 232 valence electrons. The average Bonchev–Trinajstić information content (AvgIpc) is 3.34. The van der Waals surface area contributed by atoms with E-state index in [2.05, 4.69) is 179 Å². The fourth-order valence-corrected chi connectivity index (χ4v) is 8.05. The highest BCUT2D eigenvalue weighted by Gasteiger charge is 2.36. The minimum atomic E-state index is -0.108. The molecule has 0 fully saturated rings. The first-order valence-electron chi connectivity index (χ1n) is 16.6. The summed E-state index contributed by atoms with van der Waals surface area (Å²) in [4.78, 5) is 7.84. The average molecular weight is 636 g/mol. The topological polar surface area (TPSA) is 12.9 Å². The molecular formula is C46H37NS. The Hall–Kier alpha value is -5.18.